The van der Waals surface area contributed by atoms with Crippen LogP contribution in [-0.2, 0) is 4.79 Å². The summed E-state index contributed by atoms with van der Waals surface area (Å²) in [4.78, 5) is 14.1. The number of nitriles is 1. The van der Waals surface area contributed by atoms with Gasteiger partial charge >= 0.3 is 0 Å². The number of ether oxygens (including phenoxy) is 1. The summed E-state index contributed by atoms with van der Waals surface area (Å²) in [6.45, 7) is 5.09. The fourth-order valence-electron chi connectivity index (χ4n) is 2.09. The maximum Gasteiger partial charge on any atom is 0.260 e. The summed E-state index contributed by atoms with van der Waals surface area (Å²) in [5, 5.41) is 8.72. The van der Waals surface area contributed by atoms with Crippen molar-refractivity contribution in [2.24, 2.45) is 5.92 Å². The molecule has 1 aliphatic carbocycles. The highest BCUT2D eigenvalue weighted by Crippen LogP contribution is 2.27. The zero-order valence-electron chi connectivity index (χ0n) is 12.0. The number of benzene rings is 1. The molecule has 0 heterocycles. The predicted molar refractivity (Wildman–Crippen MR) is 76.2 cm³/mol. The van der Waals surface area contributed by atoms with Gasteiger partial charge in [0.15, 0.2) is 6.61 Å². The molecule has 0 spiro atoms. The second-order valence-electron chi connectivity index (χ2n) is 5.60. The highest BCUT2D eigenvalue weighted by atomic mass is 16.5. The summed E-state index contributed by atoms with van der Waals surface area (Å²) in [5.74, 6) is 1.14. The fourth-order valence-corrected chi connectivity index (χ4v) is 2.09. The van der Waals surface area contributed by atoms with Gasteiger partial charge in [-0.05, 0) is 43.0 Å². The molecule has 1 fully saturated rings. The van der Waals surface area contributed by atoms with Crippen molar-refractivity contribution in [1.82, 2.24) is 4.90 Å². The van der Waals surface area contributed by atoms with Gasteiger partial charge in [-0.25, -0.2) is 0 Å². The van der Waals surface area contributed by atoms with E-state index in [4.69, 9.17) is 10.00 Å². The average Bonchev–Trinajstić information content (AvgIpc) is 3.27. The lowest BCUT2D eigenvalue weighted by Crippen LogP contribution is -2.39. The molecule has 20 heavy (non-hydrogen) atoms. The Labute approximate surface area is 120 Å². The Hall–Kier alpha value is -2.02. The molecule has 0 atom stereocenters. The van der Waals surface area contributed by atoms with Crippen molar-refractivity contribution in [1.29, 1.82) is 5.26 Å². The van der Waals surface area contributed by atoms with Crippen LogP contribution in [-0.4, -0.2) is 30.0 Å². The van der Waals surface area contributed by atoms with Crippen LogP contribution in [0.25, 0.3) is 0 Å². The van der Waals surface area contributed by atoms with E-state index in [2.05, 4.69) is 19.9 Å². The number of hydrogen-bond donors (Lipinski definition) is 0. The molecule has 1 aliphatic rings. The topological polar surface area (TPSA) is 53.3 Å². The second kappa shape index (κ2) is 6.42. The molecule has 0 aliphatic heterocycles. The Morgan fingerprint density at radius 1 is 1.40 bits per heavy atom. The van der Waals surface area contributed by atoms with Crippen LogP contribution in [0.15, 0.2) is 24.3 Å². The molecule has 0 N–H and O–H groups in total. The van der Waals surface area contributed by atoms with Gasteiger partial charge in [-0.15, -0.1) is 0 Å². The van der Waals surface area contributed by atoms with Gasteiger partial charge in [0.1, 0.15) is 5.75 Å². The molecule has 1 saturated carbocycles. The van der Waals surface area contributed by atoms with Crippen LogP contribution in [0.1, 0.15) is 32.3 Å². The Kier molecular flexibility index (Phi) is 4.62. The van der Waals surface area contributed by atoms with Crippen LogP contribution < -0.4 is 4.74 Å². The molecular formula is C16H20N2O2. The number of amides is 1. The summed E-state index contributed by atoms with van der Waals surface area (Å²) in [5.41, 5.74) is 0.586. The standard InChI is InChI=1S/C16H20N2O2/c1-12(2)10-18(14-5-6-14)16(19)11-20-15-7-3-13(9-17)4-8-15/h3-4,7-8,12,14H,5-6,10-11H2,1-2H3. The van der Waals surface area contributed by atoms with Crippen LogP contribution in [0.4, 0.5) is 0 Å². The zero-order valence-corrected chi connectivity index (χ0v) is 12.0. The summed E-state index contributed by atoms with van der Waals surface area (Å²) in [6.07, 6.45) is 2.21. The first-order valence-corrected chi connectivity index (χ1v) is 7.02. The van der Waals surface area contributed by atoms with E-state index in [1.54, 1.807) is 24.3 Å². The molecule has 106 valence electrons. The minimum atomic E-state index is 0.0468. The third kappa shape index (κ3) is 3.99. The monoisotopic (exact) mass is 272 g/mol. The minimum absolute atomic E-state index is 0.0468. The van der Waals surface area contributed by atoms with Gasteiger partial charge in [0.25, 0.3) is 5.91 Å². The van der Waals surface area contributed by atoms with Gasteiger partial charge in [0.05, 0.1) is 11.6 Å². The van der Waals surface area contributed by atoms with E-state index in [1.807, 2.05) is 4.90 Å². The van der Waals surface area contributed by atoms with E-state index < -0.39 is 0 Å². The highest BCUT2D eigenvalue weighted by Gasteiger charge is 2.32. The van der Waals surface area contributed by atoms with E-state index in [0.717, 1.165) is 19.4 Å². The molecule has 0 aromatic heterocycles. The van der Waals surface area contributed by atoms with Crippen molar-refractivity contribution < 1.29 is 9.53 Å². The molecular weight excluding hydrogens is 252 g/mol. The van der Waals surface area contributed by atoms with Crippen molar-refractivity contribution in [3.8, 4) is 11.8 Å². The SMILES string of the molecule is CC(C)CN(C(=O)COc1ccc(C#N)cc1)C1CC1. The average molecular weight is 272 g/mol. The fraction of sp³-hybridized carbons (Fsp3) is 0.500. The first kappa shape index (κ1) is 14.4. The van der Waals surface area contributed by atoms with Gasteiger partial charge in [0, 0.05) is 12.6 Å². The molecule has 0 radical (unpaired) electrons. The highest BCUT2D eigenvalue weighted by molar-refractivity contribution is 5.78. The second-order valence-corrected chi connectivity index (χ2v) is 5.60. The van der Waals surface area contributed by atoms with Crippen LogP contribution >= 0.6 is 0 Å². The zero-order chi connectivity index (χ0) is 14.5. The smallest absolute Gasteiger partial charge is 0.260 e. The molecule has 0 unspecified atom stereocenters. The minimum Gasteiger partial charge on any atom is -0.484 e. The van der Waals surface area contributed by atoms with Crippen molar-refractivity contribution in [3.63, 3.8) is 0 Å². The molecule has 2 rings (SSSR count). The van der Waals surface area contributed by atoms with Crippen LogP contribution in [0, 0.1) is 17.2 Å². The number of rotatable bonds is 6. The molecule has 1 aromatic carbocycles. The Morgan fingerprint density at radius 3 is 2.55 bits per heavy atom. The first-order chi connectivity index (χ1) is 9.60. The lowest BCUT2D eigenvalue weighted by atomic mass is 10.2. The van der Waals surface area contributed by atoms with Crippen LogP contribution in [0.3, 0.4) is 0 Å². The normalized spacial score (nSPS) is 13.9. The molecule has 0 saturated heterocycles. The largest absolute Gasteiger partial charge is 0.484 e. The number of carbonyl (C=O) groups is 1. The molecule has 4 nitrogen and oxygen atoms in total. The molecule has 1 amide bonds. The van der Waals surface area contributed by atoms with Crippen LogP contribution in [0.5, 0.6) is 5.75 Å². The lowest BCUT2D eigenvalue weighted by Gasteiger charge is -2.24. The lowest BCUT2D eigenvalue weighted by molar-refractivity contribution is -0.134. The summed E-state index contributed by atoms with van der Waals surface area (Å²) in [6, 6.07) is 9.27. The summed E-state index contributed by atoms with van der Waals surface area (Å²) in [7, 11) is 0. The van der Waals surface area contributed by atoms with E-state index in [-0.39, 0.29) is 12.5 Å². The first-order valence-electron chi connectivity index (χ1n) is 7.02. The number of carbonyl (C=O) groups excluding carboxylic acids is 1. The van der Waals surface area contributed by atoms with Gasteiger partial charge in [-0.2, -0.15) is 5.26 Å². The van der Waals surface area contributed by atoms with E-state index in [1.165, 1.54) is 0 Å². The number of nitrogens with zero attached hydrogens (tertiary/aromatic N) is 2. The Morgan fingerprint density at radius 2 is 2.05 bits per heavy atom. The van der Waals surface area contributed by atoms with E-state index in [9.17, 15) is 4.79 Å². The quantitative estimate of drug-likeness (QED) is 0.799. The van der Waals surface area contributed by atoms with E-state index in [0.29, 0.717) is 23.3 Å². The van der Waals surface area contributed by atoms with Crippen LogP contribution in [0.2, 0.25) is 0 Å². The van der Waals surface area contributed by atoms with Gasteiger partial charge in [0.2, 0.25) is 0 Å². The van der Waals surface area contributed by atoms with E-state index >= 15 is 0 Å². The van der Waals surface area contributed by atoms with Crippen molar-refractivity contribution in [2.75, 3.05) is 13.2 Å². The van der Waals surface area contributed by atoms with Gasteiger partial charge < -0.3 is 9.64 Å². The maximum atomic E-state index is 12.2. The molecule has 1 aromatic rings. The van der Waals surface area contributed by atoms with Crippen molar-refractivity contribution in [2.45, 2.75) is 32.7 Å². The summed E-state index contributed by atoms with van der Waals surface area (Å²) >= 11 is 0. The maximum absolute atomic E-state index is 12.2. The Bertz CT molecular complexity index is 498. The molecule has 0 bridgehead atoms. The summed E-state index contributed by atoms with van der Waals surface area (Å²) < 4.78 is 5.51. The number of hydrogen-bond acceptors (Lipinski definition) is 3. The predicted octanol–water partition coefficient (Wildman–Crippen LogP) is 2.58. The van der Waals surface area contributed by atoms with Crippen molar-refractivity contribution in [3.05, 3.63) is 29.8 Å². The van der Waals surface area contributed by atoms with Gasteiger partial charge in [-0.3, -0.25) is 4.79 Å². The van der Waals surface area contributed by atoms with Crippen molar-refractivity contribution >= 4 is 5.91 Å². The molecule has 4 heteroatoms. The third-order valence-electron chi connectivity index (χ3n) is 3.22. The van der Waals surface area contributed by atoms with Gasteiger partial charge in [-0.1, -0.05) is 13.8 Å². The Balaban J connectivity index is 1.88. The third-order valence-corrected chi connectivity index (χ3v) is 3.22.